The number of anilines is 1. The molecule has 5 nitrogen and oxygen atoms in total. The van der Waals surface area contributed by atoms with Crippen LogP contribution in [0.4, 0.5) is 5.69 Å². The zero-order valence-electron chi connectivity index (χ0n) is 9.02. The molecule has 1 fully saturated rings. The Balaban J connectivity index is 2.03. The molecule has 0 saturated carbocycles. The molecule has 3 rings (SSSR count). The van der Waals surface area contributed by atoms with E-state index in [2.05, 4.69) is 15.1 Å². The van der Waals surface area contributed by atoms with Crippen molar-refractivity contribution in [2.24, 2.45) is 0 Å². The Bertz CT molecular complexity index is 550. The SMILES string of the molecule is O=c1[nH]nc2ccc(N3CCCCC3)cn12. The summed E-state index contributed by atoms with van der Waals surface area (Å²) in [6.45, 7) is 2.16. The van der Waals surface area contributed by atoms with Crippen molar-refractivity contribution in [1.29, 1.82) is 0 Å². The predicted molar refractivity (Wildman–Crippen MR) is 61.9 cm³/mol. The molecule has 2 aromatic rings. The minimum absolute atomic E-state index is 0.172. The first-order valence-electron chi connectivity index (χ1n) is 5.66. The molecule has 16 heavy (non-hydrogen) atoms. The van der Waals surface area contributed by atoms with Crippen LogP contribution in [-0.2, 0) is 0 Å². The minimum Gasteiger partial charge on any atom is -0.370 e. The van der Waals surface area contributed by atoms with Gasteiger partial charge in [0.15, 0.2) is 5.65 Å². The fourth-order valence-electron chi connectivity index (χ4n) is 2.23. The van der Waals surface area contributed by atoms with Crippen LogP contribution in [0.3, 0.4) is 0 Å². The minimum atomic E-state index is -0.172. The first-order chi connectivity index (χ1) is 7.84. The first-order valence-corrected chi connectivity index (χ1v) is 5.66. The van der Waals surface area contributed by atoms with E-state index in [1.165, 1.54) is 19.3 Å². The van der Waals surface area contributed by atoms with Crippen LogP contribution in [0.2, 0.25) is 0 Å². The number of H-pyrrole nitrogens is 1. The fraction of sp³-hybridized carbons (Fsp3) is 0.455. The van der Waals surface area contributed by atoms with Crippen molar-refractivity contribution >= 4 is 11.3 Å². The molecule has 2 aromatic heterocycles. The third kappa shape index (κ3) is 1.48. The molecule has 0 unspecified atom stereocenters. The highest BCUT2D eigenvalue weighted by Crippen LogP contribution is 2.19. The summed E-state index contributed by atoms with van der Waals surface area (Å²) in [6, 6.07) is 3.91. The maximum absolute atomic E-state index is 11.4. The quantitative estimate of drug-likeness (QED) is 0.777. The molecule has 5 heteroatoms. The van der Waals surface area contributed by atoms with Gasteiger partial charge < -0.3 is 4.90 Å². The van der Waals surface area contributed by atoms with E-state index in [9.17, 15) is 4.79 Å². The normalized spacial score (nSPS) is 16.9. The van der Waals surface area contributed by atoms with E-state index in [1.54, 1.807) is 4.40 Å². The second kappa shape index (κ2) is 3.66. The molecule has 0 bridgehead atoms. The lowest BCUT2D eigenvalue weighted by Crippen LogP contribution is -2.29. The third-order valence-electron chi connectivity index (χ3n) is 3.12. The first kappa shape index (κ1) is 9.45. The molecule has 1 saturated heterocycles. The number of hydrogen-bond donors (Lipinski definition) is 1. The van der Waals surface area contributed by atoms with E-state index >= 15 is 0 Å². The van der Waals surface area contributed by atoms with Crippen LogP contribution in [0.1, 0.15) is 19.3 Å². The largest absolute Gasteiger partial charge is 0.370 e. The standard InChI is InChI=1S/C11H14N4O/c16-11-13-12-10-5-4-9(8-15(10)11)14-6-2-1-3-7-14/h4-5,8H,1-3,6-7H2,(H,13,16). The molecule has 1 aliphatic rings. The Hall–Kier alpha value is -1.78. The summed E-state index contributed by atoms with van der Waals surface area (Å²) >= 11 is 0. The number of pyridine rings is 1. The van der Waals surface area contributed by atoms with Crippen molar-refractivity contribution in [3.8, 4) is 0 Å². The average molecular weight is 218 g/mol. The van der Waals surface area contributed by atoms with Crippen molar-refractivity contribution in [2.45, 2.75) is 19.3 Å². The van der Waals surface area contributed by atoms with Crippen molar-refractivity contribution in [3.63, 3.8) is 0 Å². The molecule has 0 radical (unpaired) electrons. The fourth-order valence-corrected chi connectivity index (χ4v) is 2.23. The molecule has 1 N–H and O–H groups in total. The van der Waals surface area contributed by atoms with Gasteiger partial charge in [-0.1, -0.05) is 0 Å². The molecule has 0 spiro atoms. The number of nitrogens with zero attached hydrogens (tertiary/aromatic N) is 3. The Morgan fingerprint density at radius 1 is 1.19 bits per heavy atom. The average Bonchev–Trinajstić information content (AvgIpc) is 2.72. The van der Waals surface area contributed by atoms with Gasteiger partial charge >= 0.3 is 5.69 Å². The molecule has 84 valence electrons. The van der Waals surface area contributed by atoms with Gasteiger partial charge in [0.25, 0.3) is 0 Å². The number of rotatable bonds is 1. The zero-order chi connectivity index (χ0) is 11.0. The highest BCUT2D eigenvalue weighted by atomic mass is 16.1. The lowest BCUT2D eigenvalue weighted by molar-refractivity contribution is 0.577. The molecular weight excluding hydrogens is 204 g/mol. The summed E-state index contributed by atoms with van der Waals surface area (Å²) in [5.41, 5.74) is 1.61. The number of aromatic amines is 1. The van der Waals surface area contributed by atoms with E-state index in [1.807, 2.05) is 18.3 Å². The molecule has 0 aromatic carbocycles. The number of nitrogens with one attached hydrogen (secondary N) is 1. The van der Waals surface area contributed by atoms with Gasteiger partial charge in [-0.25, -0.2) is 14.3 Å². The van der Waals surface area contributed by atoms with Crippen LogP contribution in [0.15, 0.2) is 23.1 Å². The molecule has 0 amide bonds. The summed E-state index contributed by atoms with van der Waals surface area (Å²) in [5.74, 6) is 0. The van der Waals surface area contributed by atoms with Crippen LogP contribution in [-0.4, -0.2) is 27.7 Å². The lowest BCUT2D eigenvalue weighted by Gasteiger charge is -2.28. The van der Waals surface area contributed by atoms with E-state index < -0.39 is 0 Å². The van der Waals surface area contributed by atoms with Gasteiger partial charge in [-0.3, -0.25) is 0 Å². The van der Waals surface area contributed by atoms with Gasteiger partial charge in [-0.05, 0) is 31.4 Å². The monoisotopic (exact) mass is 218 g/mol. The highest BCUT2D eigenvalue weighted by Gasteiger charge is 2.11. The molecule has 3 heterocycles. The maximum atomic E-state index is 11.4. The maximum Gasteiger partial charge on any atom is 0.347 e. The van der Waals surface area contributed by atoms with E-state index in [0.29, 0.717) is 5.65 Å². The van der Waals surface area contributed by atoms with E-state index in [0.717, 1.165) is 18.8 Å². The Kier molecular flexibility index (Phi) is 2.16. The van der Waals surface area contributed by atoms with Crippen LogP contribution in [0.5, 0.6) is 0 Å². The molecule has 0 atom stereocenters. The number of piperidine rings is 1. The number of hydrogen-bond acceptors (Lipinski definition) is 3. The Morgan fingerprint density at radius 3 is 2.81 bits per heavy atom. The van der Waals surface area contributed by atoms with Crippen LogP contribution >= 0.6 is 0 Å². The van der Waals surface area contributed by atoms with Gasteiger partial charge in [-0.2, -0.15) is 5.10 Å². The summed E-state index contributed by atoms with van der Waals surface area (Å²) in [4.78, 5) is 13.8. The zero-order valence-corrected chi connectivity index (χ0v) is 9.02. The van der Waals surface area contributed by atoms with Gasteiger partial charge in [-0.15, -0.1) is 0 Å². The van der Waals surface area contributed by atoms with Gasteiger partial charge in [0.1, 0.15) is 0 Å². The lowest BCUT2D eigenvalue weighted by atomic mass is 10.1. The van der Waals surface area contributed by atoms with Crippen molar-refractivity contribution in [1.82, 2.24) is 14.6 Å². The topological polar surface area (TPSA) is 53.4 Å². The summed E-state index contributed by atoms with van der Waals surface area (Å²) in [6.07, 6.45) is 5.65. The van der Waals surface area contributed by atoms with Gasteiger partial charge in [0, 0.05) is 19.3 Å². The van der Waals surface area contributed by atoms with E-state index in [4.69, 9.17) is 0 Å². The van der Waals surface area contributed by atoms with E-state index in [-0.39, 0.29) is 5.69 Å². The summed E-state index contributed by atoms with van der Waals surface area (Å²) in [7, 11) is 0. The second-order valence-corrected chi connectivity index (χ2v) is 4.19. The molecule has 0 aliphatic carbocycles. The number of fused-ring (bicyclic) bond motifs is 1. The van der Waals surface area contributed by atoms with Crippen LogP contribution < -0.4 is 10.6 Å². The predicted octanol–water partition coefficient (Wildman–Crippen LogP) is 1.01. The van der Waals surface area contributed by atoms with Gasteiger partial charge in [0.05, 0.1) is 5.69 Å². The summed E-state index contributed by atoms with van der Waals surface area (Å²) < 4.78 is 1.56. The third-order valence-corrected chi connectivity index (χ3v) is 3.12. The Labute approximate surface area is 92.7 Å². The second-order valence-electron chi connectivity index (χ2n) is 4.19. The van der Waals surface area contributed by atoms with Gasteiger partial charge in [0.2, 0.25) is 0 Å². The van der Waals surface area contributed by atoms with Crippen molar-refractivity contribution in [2.75, 3.05) is 18.0 Å². The van der Waals surface area contributed by atoms with Crippen LogP contribution in [0, 0.1) is 0 Å². The molecular formula is C11H14N4O. The number of aromatic nitrogens is 3. The highest BCUT2D eigenvalue weighted by molar-refractivity contribution is 5.51. The smallest absolute Gasteiger partial charge is 0.347 e. The van der Waals surface area contributed by atoms with Crippen LogP contribution in [0.25, 0.3) is 5.65 Å². The molecule has 1 aliphatic heterocycles. The van der Waals surface area contributed by atoms with Crippen molar-refractivity contribution < 1.29 is 0 Å². The summed E-state index contributed by atoms with van der Waals surface area (Å²) in [5, 5.41) is 6.36. The van der Waals surface area contributed by atoms with Crippen molar-refractivity contribution in [3.05, 3.63) is 28.8 Å². The Morgan fingerprint density at radius 2 is 2.00 bits per heavy atom.